The van der Waals surface area contributed by atoms with Gasteiger partial charge in [0.15, 0.2) is 0 Å². The van der Waals surface area contributed by atoms with Crippen LogP contribution >= 0.6 is 11.5 Å². The van der Waals surface area contributed by atoms with Gasteiger partial charge in [0.05, 0.1) is 10.5 Å². The molecule has 2 aromatic carbocycles. The molecular weight excluding hydrogens is 391 g/mol. The molecule has 0 aliphatic carbocycles. The summed E-state index contributed by atoms with van der Waals surface area (Å²) in [6, 6.07) is 9.85. The maximum atomic E-state index is 14.1. The molecule has 1 aromatic heterocycles. The Labute approximate surface area is 159 Å². The molecule has 0 aliphatic heterocycles. The molecule has 2 N–H and O–H groups in total. The molecule has 0 bridgehead atoms. The normalized spacial score (nSPS) is 11.3. The van der Waals surface area contributed by atoms with Crippen LogP contribution in [0, 0.1) is 5.82 Å². The number of benzene rings is 2. The summed E-state index contributed by atoms with van der Waals surface area (Å²) in [4.78, 5) is 12.2. The first kappa shape index (κ1) is 19.1. The molecule has 0 unspecified atom stereocenters. The number of sulfonamides is 1. The van der Waals surface area contributed by atoms with E-state index >= 15 is 0 Å². The summed E-state index contributed by atoms with van der Waals surface area (Å²) < 4.78 is 44.2. The quantitative estimate of drug-likeness (QED) is 0.656. The summed E-state index contributed by atoms with van der Waals surface area (Å²) in [7, 11) is -3.80. The van der Waals surface area contributed by atoms with Gasteiger partial charge >= 0.3 is 0 Å². The average Bonchev–Trinajstić information content (AvgIpc) is 3.17. The summed E-state index contributed by atoms with van der Waals surface area (Å²) in [5.74, 6) is -1.56. The Morgan fingerprint density at radius 1 is 1.19 bits per heavy atom. The van der Waals surface area contributed by atoms with Gasteiger partial charge in [-0.25, -0.2) is 17.5 Å². The molecule has 1 heterocycles. The van der Waals surface area contributed by atoms with Crippen molar-refractivity contribution in [2.24, 2.45) is 0 Å². The van der Waals surface area contributed by atoms with Crippen molar-refractivity contribution in [2.45, 2.75) is 11.8 Å². The molecule has 140 valence electrons. The molecule has 0 spiro atoms. The van der Waals surface area contributed by atoms with Crippen molar-refractivity contribution < 1.29 is 17.6 Å². The first-order chi connectivity index (χ1) is 12.9. The van der Waals surface area contributed by atoms with Crippen LogP contribution in [0.1, 0.15) is 17.3 Å². The van der Waals surface area contributed by atoms with Gasteiger partial charge in [0.25, 0.3) is 5.91 Å². The van der Waals surface area contributed by atoms with E-state index in [1.807, 2.05) is 0 Å². The van der Waals surface area contributed by atoms with E-state index in [4.69, 9.17) is 0 Å². The fourth-order valence-corrected chi connectivity index (χ4v) is 3.86. The molecule has 3 aromatic rings. The lowest BCUT2D eigenvalue weighted by Gasteiger charge is -2.09. The van der Waals surface area contributed by atoms with E-state index in [9.17, 15) is 17.6 Å². The highest BCUT2D eigenvalue weighted by atomic mass is 32.2. The number of aromatic nitrogens is 2. The van der Waals surface area contributed by atoms with Gasteiger partial charge in [0, 0.05) is 23.2 Å². The summed E-state index contributed by atoms with van der Waals surface area (Å²) in [5, 5.41) is 8.30. The van der Waals surface area contributed by atoms with Crippen LogP contribution in [0.2, 0.25) is 0 Å². The summed E-state index contributed by atoms with van der Waals surface area (Å²) in [6.45, 7) is 1.81. The topological polar surface area (TPSA) is 101 Å². The van der Waals surface area contributed by atoms with Gasteiger partial charge in [-0.1, -0.05) is 23.5 Å². The number of hydrogen-bond donors (Lipinski definition) is 2. The lowest BCUT2D eigenvalue weighted by molar-refractivity contribution is 0.102. The van der Waals surface area contributed by atoms with Crippen LogP contribution in [0.5, 0.6) is 0 Å². The predicted molar refractivity (Wildman–Crippen MR) is 101 cm³/mol. The molecule has 0 fully saturated rings. The molecule has 0 atom stereocenters. The second-order valence-electron chi connectivity index (χ2n) is 5.46. The second-order valence-corrected chi connectivity index (χ2v) is 7.84. The third kappa shape index (κ3) is 4.35. The van der Waals surface area contributed by atoms with Gasteiger partial charge in [-0.15, -0.1) is 5.10 Å². The lowest BCUT2D eigenvalue weighted by atomic mass is 10.1. The van der Waals surface area contributed by atoms with E-state index < -0.39 is 21.7 Å². The zero-order valence-electron chi connectivity index (χ0n) is 14.1. The Hall–Kier alpha value is -2.69. The number of amides is 1. The first-order valence-corrected chi connectivity index (χ1v) is 10.2. The smallest absolute Gasteiger partial charge is 0.258 e. The van der Waals surface area contributed by atoms with Crippen molar-refractivity contribution in [2.75, 3.05) is 11.9 Å². The van der Waals surface area contributed by atoms with Crippen LogP contribution < -0.4 is 10.0 Å². The number of anilines is 1. The van der Waals surface area contributed by atoms with E-state index in [0.717, 1.165) is 23.8 Å². The predicted octanol–water partition coefficient (Wildman–Crippen LogP) is 2.89. The number of hydrogen-bond acceptors (Lipinski definition) is 6. The molecule has 10 heteroatoms. The van der Waals surface area contributed by atoms with Gasteiger partial charge < -0.3 is 5.32 Å². The van der Waals surface area contributed by atoms with Crippen LogP contribution in [0.15, 0.2) is 52.7 Å². The number of carbonyl (C=O) groups is 1. The minimum Gasteiger partial charge on any atom is -0.322 e. The number of carbonyl (C=O) groups excluding carboxylic acids is 1. The summed E-state index contributed by atoms with van der Waals surface area (Å²) >= 11 is 1.23. The maximum Gasteiger partial charge on any atom is 0.258 e. The zero-order chi connectivity index (χ0) is 19.4. The fraction of sp³-hybridized carbons (Fsp3) is 0.118. The van der Waals surface area contributed by atoms with Crippen molar-refractivity contribution in [3.05, 3.63) is 59.2 Å². The molecule has 0 saturated carbocycles. The van der Waals surface area contributed by atoms with Crippen molar-refractivity contribution in [1.82, 2.24) is 14.3 Å². The van der Waals surface area contributed by atoms with Gasteiger partial charge in [-0.3, -0.25) is 4.79 Å². The van der Waals surface area contributed by atoms with Crippen molar-refractivity contribution in [3.8, 4) is 11.3 Å². The van der Waals surface area contributed by atoms with E-state index in [-0.39, 0.29) is 17.0 Å². The minimum absolute atomic E-state index is 0.178. The molecule has 0 saturated heterocycles. The van der Waals surface area contributed by atoms with Gasteiger partial charge in [0.2, 0.25) is 10.0 Å². The van der Waals surface area contributed by atoms with Crippen LogP contribution in [-0.2, 0) is 10.0 Å². The van der Waals surface area contributed by atoms with Gasteiger partial charge in [0.1, 0.15) is 11.5 Å². The zero-order valence-corrected chi connectivity index (χ0v) is 15.8. The SMILES string of the molecule is CCNS(=O)(=O)c1ccc(F)c(C(=O)Nc2ccc(-c3csnn3)cc2)c1. The first-order valence-electron chi connectivity index (χ1n) is 7.89. The van der Waals surface area contributed by atoms with Crippen LogP contribution in [0.25, 0.3) is 11.3 Å². The molecule has 7 nitrogen and oxygen atoms in total. The molecule has 0 aliphatic rings. The molecule has 27 heavy (non-hydrogen) atoms. The van der Waals surface area contributed by atoms with E-state index in [1.165, 1.54) is 11.5 Å². The molecule has 3 rings (SSSR count). The maximum absolute atomic E-state index is 14.1. The van der Waals surface area contributed by atoms with Crippen LogP contribution in [-0.4, -0.2) is 30.5 Å². The van der Waals surface area contributed by atoms with Crippen molar-refractivity contribution >= 4 is 33.2 Å². The van der Waals surface area contributed by atoms with Crippen LogP contribution in [0.4, 0.5) is 10.1 Å². The standard InChI is InChI=1S/C17H15FN4O3S2/c1-2-19-27(24,25)13-7-8-15(18)14(9-13)17(23)20-12-5-3-11(4-6-12)16-10-26-22-21-16/h3-10,19H,2H2,1H3,(H,20,23). The Morgan fingerprint density at radius 2 is 1.93 bits per heavy atom. The molecule has 1 amide bonds. The summed E-state index contributed by atoms with van der Waals surface area (Å²) in [5.41, 5.74) is 1.62. The Kier molecular flexibility index (Phi) is 5.59. The third-order valence-electron chi connectivity index (χ3n) is 3.63. The second kappa shape index (κ2) is 7.91. The van der Waals surface area contributed by atoms with Crippen molar-refractivity contribution in [1.29, 1.82) is 0 Å². The fourth-order valence-electron chi connectivity index (χ4n) is 2.33. The largest absolute Gasteiger partial charge is 0.322 e. The van der Waals surface area contributed by atoms with Gasteiger partial charge in [-0.2, -0.15) is 0 Å². The Balaban J connectivity index is 1.82. The summed E-state index contributed by atoms with van der Waals surface area (Å²) in [6.07, 6.45) is 0. The average molecular weight is 406 g/mol. The van der Waals surface area contributed by atoms with Gasteiger partial charge in [-0.05, 0) is 41.9 Å². The lowest BCUT2D eigenvalue weighted by Crippen LogP contribution is -2.24. The minimum atomic E-state index is -3.80. The highest BCUT2D eigenvalue weighted by molar-refractivity contribution is 7.89. The van der Waals surface area contributed by atoms with E-state index in [2.05, 4.69) is 19.6 Å². The van der Waals surface area contributed by atoms with Crippen LogP contribution in [0.3, 0.4) is 0 Å². The number of nitrogens with zero attached hydrogens (tertiary/aromatic N) is 2. The molecular formula is C17H15FN4O3S2. The molecule has 0 radical (unpaired) electrons. The Bertz CT molecular complexity index is 1050. The number of nitrogens with one attached hydrogen (secondary N) is 2. The number of rotatable bonds is 6. The monoisotopic (exact) mass is 406 g/mol. The highest BCUT2D eigenvalue weighted by Crippen LogP contribution is 2.21. The van der Waals surface area contributed by atoms with E-state index in [1.54, 1.807) is 36.6 Å². The van der Waals surface area contributed by atoms with E-state index in [0.29, 0.717) is 11.4 Å². The Morgan fingerprint density at radius 3 is 2.56 bits per heavy atom. The van der Waals surface area contributed by atoms with Crippen molar-refractivity contribution in [3.63, 3.8) is 0 Å². The highest BCUT2D eigenvalue weighted by Gasteiger charge is 2.19. The number of halogens is 1. The third-order valence-corrected chi connectivity index (χ3v) is 5.67.